The number of hydrogen-bond donors (Lipinski definition) is 0. The Balaban J connectivity index is 1.03. The van der Waals surface area contributed by atoms with E-state index in [0.717, 1.165) is 54.9 Å². The van der Waals surface area contributed by atoms with Crippen LogP contribution in [-0.4, -0.2) is 18.7 Å². The minimum absolute atomic E-state index is 0.0208. The molecule has 13 aromatic rings. The number of imidazole rings is 1. The maximum Gasteiger partial charge on any atom is 0.269 e. The van der Waals surface area contributed by atoms with Crippen LogP contribution in [0.5, 0.6) is 11.5 Å². The van der Waals surface area contributed by atoms with Crippen LogP contribution < -0.4 is 9.30 Å². The molecule has 0 saturated carbocycles. The number of aromatic nitrogens is 5. The smallest absolute Gasteiger partial charge is 0.269 e. The number of hydrogen-bond acceptors (Lipinski definition) is 2. The van der Waals surface area contributed by atoms with Gasteiger partial charge in [-0.2, -0.15) is 0 Å². The molecule has 0 spiro atoms. The van der Waals surface area contributed by atoms with Gasteiger partial charge in [0.2, 0.25) is 0 Å². The van der Waals surface area contributed by atoms with Crippen LogP contribution >= 0.6 is 0 Å². The Morgan fingerprint density at radius 1 is 0.549 bits per heavy atom. The van der Waals surface area contributed by atoms with Crippen LogP contribution in [0.1, 0.15) is 47.3 Å². The van der Waals surface area contributed by atoms with Gasteiger partial charge in [-0.25, -0.2) is 4.98 Å². The highest BCUT2D eigenvalue weighted by molar-refractivity contribution is 6.16. The van der Waals surface area contributed by atoms with Crippen LogP contribution in [0, 0.1) is 12.2 Å². The zero-order valence-corrected chi connectivity index (χ0v) is 38.9. The van der Waals surface area contributed by atoms with E-state index in [4.69, 9.17) is 23.4 Å². The van der Waals surface area contributed by atoms with Gasteiger partial charge in [0, 0.05) is 41.2 Å². The molecule has 0 N–H and O–H groups in total. The molecular formula is C65H49N5O. The number of para-hydroxylation sites is 6. The Morgan fingerprint density at radius 2 is 1.14 bits per heavy atom. The monoisotopic (exact) mass is 926 g/mol. The highest BCUT2D eigenvalue weighted by atomic mass is 16.5. The van der Waals surface area contributed by atoms with Crippen molar-refractivity contribution >= 4 is 54.6 Å². The van der Waals surface area contributed by atoms with Gasteiger partial charge in [0.25, 0.3) is 6.33 Å². The number of fused-ring (bicyclic) bond motifs is 7. The lowest BCUT2D eigenvalue weighted by Gasteiger charge is -2.18. The van der Waals surface area contributed by atoms with E-state index < -0.39 is 66.3 Å². The first-order chi connectivity index (χ1) is 39.5. The van der Waals surface area contributed by atoms with Gasteiger partial charge < -0.3 is 9.30 Å². The van der Waals surface area contributed by atoms with Crippen molar-refractivity contribution in [3.8, 4) is 56.6 Å². The fraction of sp³-hybridized carbons (Fsp3) is 0.0769. The Morgan fingerprint density at radius 3 is 1.80 bits per heavy atom. The van der Waals surface area contributed by atoms with Crippen LogP contribution in [0.15, 0.2) is 230 Å². The number of rotatable bonds is 10. The molecule has 0 bridgehead atoms. The fourth-order valence-corrected chi connectivity index (χ4v) is 10.0. The summed E-state index contributed by atoms with van der Waals surface area (Å²) in [7, 11) is 0. The van der Waals surface area contributed by atoms with E-state index in [0.29, 0.717) is 34.0 Å². The standard InChI is InChI=1S/C65H49N5O/c1-43(2)44(3)47-36-37-66-63(38-47)70-58-33-15-12-28-55(58)64-61(69-56-31-13-10-26-53(56)54-27-11-14-32-57(54)69)40-50(41-62(64)70)71-49-25-18-24-48(39-49)67-42-68(60-35-17-16-34-59(60)67)65-51(45-20-6-4-7-21-45)29-19-30-52(65)46-22-8-5-9-23-46/h4-41,43-44H,1-3H3/i4D,5D,6D,7D,8D,9D,20D,21D,22D,23D,44D. The van der Waals surface area contributed by atoms with Crippen LogP contribution in [0.2, 0.25) is 0 Å². The molecule has 4 heterocycles. The Hall–Kier alpha value is -9.00. The molecule has 0 radical (unpaired) electrons. The molecule has 0 aliphatic heterocycles. The third-order valence-electron chi connectivity index (χ3n) is 13.5. The molecule has 0 amide bonds. The molecule has 6 heteroatoms. The molecule has 71 heavy (non-hydrogen) atoms. The van der Waals surface area contributed by atoms with E-state index in [1.165, 1.54) is 0 Å². The number of ether oxygens (including phenoxy) is 1. The van der Waals surface area contributed by atoms with Crippen LogP contribution in [0.3, 0.4) is 0 Å². The van der Waals surface area contributed by atoms with Gasteiger partial charge in [-0.15, -0.1) is 0 Å². The minimum atomic E-state index is -0.897. The van der Waals surface area contributed by atoms with Crippen molar-refractivity contribution in [1.82, 2.24) is 18.7 Å². The second-order valence-corrected chi connectivity index (χ2v) is 17.9. The summed E-state index contributed by atoms with van der Waals surface area (Å²) in [4.78, 5) is 4.98. The predicted molar refractivity (Wildman–Crippen MR) is 291 cm³/mol. The summed E-state index contributed by atoms with van der Waals surface area (Å²) in [5.41, 5.74) is 7.39. The molecule has 340 valence electrons. The van der Waals surface area contributed by atoms with Crippen molar-refractivity contribution in [2.45, 2.75) is 26.7 Å². The summed E-state index contributed by atoms with van der Waals surface area (Å²) in [6.45, 7) is 6.04. The SMILES string of the molecule is [2H]c1c([2H])c([2H])c(-c2cccc(-c3c([2H])c([2H])c([2H])c([2H])c3[2H])c2-[n+]2[c-]n(-c3cccc(Oc4cc(-n5c6ccccc6c6ccccc65)c5c6ccccc6n(-c6cc(C([2H])(C)C(C)C)ccn6)c5c4)c3)c3ccccc32)c([2H])c1[2H]. The van der Waals surface area contributed by atoms with E-state index in [-0.39, 0.29) is 33.9 Å². The zero-order chi connectivity index (χ0) is 57.2. The van der Waals surface area contributed by atoms with Gasteiger partial charge in [0.1, 0.15) is 17.3 Å². The van der Waals surface area contributed by atoms with E-state index in [1.807, 2.05) is 97.9 Å². The average Bonchev–Trinajstić information content (AvgIpc) is 4.33. The lowest BCUT2D eigenvalue weighted by Crippen LogP contribution is -2.31. The third-order valence-corrected chi connectivity index (χ3v) is 13.5. The molecular weight excluding hydrogens is 867 g/mol. The number of pyridine rings is 1. The van der Waals surface area contributed by atoms with Crippen molar-refractivity contribution in [2.75, 3.05) is 0 Å². The summed E-state index contributed by atoms with van der Waals surface area (Å²) >= 11 is 0. The summed E-state index contributed by atoms with van der Waals surface area (Å²) in [5.74, 6) is 0.758. The molecule has 1 atom stereocenters. The molecule has 0 aliphatic carbocycles. The summed E-state index contributed by atoms with van der Waals surface area (Å²) in [6, 6.07) is 47.3. The van der Waals surface area contributed by atoms with E-state index in [2.05, 4.69) is 83.9 Å². The van der Waals surface area contributed by atoms with E-state index in [1.54, 1.807) is 33.5 Å². The second kappa shape index (κ2) is 17.2. The minimum Gasteiger partial charge on any atom is -0.458 e. The molecule has 4 aromatic heterocycles. The van der Waals surface area contributed by atoms with E-state index >= 15 is 0 Å². The molecule has 1 unspecified atom stereocenters. The number of nitrogens with zero attached hydrogens (tertiary/aromatic N) is 5. The van der Waals surface area contributed by atoms with E-state index in [9.17, 15) is 1.37 Å². The molecule has 9 aromatic carbocycles. The van der Waals surface area contributed by atoms with Crippen molar-refractivity contribution in [1.29, 1.82) is 0 Å². The fourth-order valence-electron chi connectivity index (χ4n) is 10.0. The predicted octanol–water partition coefficient (Wildman–Crippen LogP) is 16.2. The lowest BCUT2D eigenvalue weighted by atomic mass is 9.91. The van der Waals surface area contributed by atoms with Gasteiger partial charge in [-0.1, -0.05) is 184 Å². The first kappa shape index (κ1) is 31.9. The Bertz CT molecular complexity index is 4630. The topological polar surface area (TPSA) is 40.8 Å². The largest absolute Gasteiger partial charge is 0.458 e. The first-order valence-electron chi connectivity index (χ1n) is 29.0. The Labute approximate surface area is 428 Å². The number of benzene rings is 9. The summed E-state index contributed by atoms with van der Waals surface area (Å²) < 4.78 is 112. The van der Waals surface area contributed by atoms with Crippen molar-refractivity contribution < 1.29 is 24.4 Å². The van der Waals surface area contributed by atoms with Crippen LogP contribution in [0.25, 0.3) is 99.8 Å². The maximum atomic E-state index is 9.41. The first-order valence-corrected chi connectivity index (χ1v) is 23.5. The van der Waals surface area contributed by atoms with Gasteiger partial charge in [-0.05, 0) is 88.2 Å². The van der Waals surface area contributed by atoms with Crippen molar-refractivity contribution in [2.24, 2.45) is 5.92 Å². The summed E-state index contributed by atoms with van der Waals surface area (Å²) in [5, 5.41) is 4.16. The van der Waals surface area contributed by atoms with Gasteiger partial charge >= 0.3 is 0 Å². The van der Waals surface area contributed by atoms with Gasteiger partial charge in [-0.3, -0.25) is 13.7 Å². The van der Waals surface area contributed by atoms with Crippen LogP contribution in [-0.2, 0) is 0 Å². The van der Waals surface area contributed by atoms with Crippen LogP contribution in [0.4, 0.5) is 0 Å². The molecule has 0 aliphatic rings. The quantitative estimate of drug-likeness (QED) is 0.101. The third kappa shape index (κ3) is 7.09. The van der Waals surface area contributed by atoms with Crippen molar-refractivity contribution in [3.05, 3.63) is 242 Å². The zero-order valence-electron chi connectivity index (χ0n) is 49.9. The molecule has 0 fully saturated rings. The highest BCUT2D eigenvalue weighted by Crippen LogP contribution is 2.43. The van der Waals surface area contributed by atoms with Crippen molar-refractivity contribution in [3.63, 3.8) is 0 Å². The second-order valence-electron chi connectivity index (χ2n) is 17.9. The maximum absolute atomic E-state index is 9.41. The highest BCUT2D eigenvalue weighted by Gasteiger charge is 2.24. The lowest BCUT2D eigenvalue weighted by molar-refractivity contribution is -0.571. The van der Waals surface area contributed by atoms with Gasteiger partial charge in [0.05, 0.1) is 63.9 Å². The van der Waals surface area contributed by atoms with Gasteiger partial charge in [0.15, 0.2) is 0 Å². The molecule has 13 rings (SSSR count). The Kier molecular flexibility index (Phi) is 7.73. The normalized spacial score (nSPS) is 14.8. The molecule has 6 nitrogen and oxygen atoms in total. The molecule has 0 saturated heterocycles. The summed E-state index contributed by atoms with van der Waals surface area (Å²) in [6.07, 6.45) is 5.26. The average molecular weight is 927 g/mol.